The van der Waals surface area contributed by atoms with Gasteiger partial charge in [0, 0.05) is 36.8 Å². The summed E-state index contributed by atoms with van der Waals surface area (Å²) in [6.45, 7) is 1.31. The van der Waals surface area contributed by atoms with Crippen molar-refractivity contribution in [3.8, 4) is 0 Å². The van der Waals surface area contributed by atoms with Crippen LogP contribution in [0.4, 0.5) is 10.1 Å². The van der Waals surface area contributed by atoms with Gasteiger partial charge < -0.3 is 15.5 Å². The molecule has 3 aromatic carbocycles. The third-order valence-corrected chi connectivity index (χ3v) is 7.37. The molecule has 0 aliphatic carbocycles. The third-order valence-electron chi connectivity index (χ3n) is 5.83. The van der Waals surface area contributed by atoms with Gasteiger partial charge in [-0.2, -0.15) is 0 Å². The minimum atomic E-state index is -3.67. The standard InChI is InChI=1S/C26H27FN4O4S/c1-31-16-22(17-31)30-36(34,35)23-13-11-21(12-14-23)28-26(33)24(15-18-5-3-2-4-6-18)29-25(32)19-7-9-20(27)10-8-19/h2-14,22,24,30H,15-17H2,1H3,(H,28,33)(H,29,32)/t24-/m0/s1. The highest BCUT2D eigenvalue weighted by Gasteiger charge is 2.28. The van der Waals surface area contributed by atoms with E-state index in [0.29, 0.717) is 18.8 Å². The summed E-state index contributed by atoms with van der Waals surface area (Å²) in [5.74, 6) is -1.45. The molecule has 1 fully saturated rings. The lowest BCUT2D eigenvalue weighted by atomic mass is 10.0. The Labute approximate surface area is 209 Å². The predicted molar refractivity (Wildman–Crippen MR) is 134 cm³/mol. The van der Waals surface area contributed by atoms with E-state index >= 15 is 0 Å². The molecule has 0 spiro atoms. The van der Waals surface area contributed by atoms with Crippen molar-refractivity contribution >= 4 is 27.5 Å². The Morgan fingerprint density at radius 2 is 1.61 bits per heavy atom. The molecule has 1 saturated heterocycles. The van der Waals surface area contributed by atoms with E-state index in [4.69, 9.17) is 0 Å². The fraction of sp³-hybridized carbons (Fsp3) is 0.231. The van der Waals surface area contributed by atoms with Crippen molar-refractivity contribution < 1.29 is 22.4 Å². The number of carbonyl (C=O) groups is 2. The first kappa shape index (κ1) is 25.5. The lowest BCUT2D eigenvalue weighted by Crippen LogP contribution is -2.57. The number of benzene rings is 3. The van der Waals surface area contributed by atoms with E-state index in [0.717, 1.165) is 5.56 Å². The Morgan fingerprint density at radius 1 is 0.972 bits per heavy atom. The minimum Gasteiger partial charge on any atom is -0.340 e. The Kier molecular flexibility index (Phi) is 7.78. The number of sulfonamides is 1. The van der Waals surface area contributed by atoms with Gasteiger partial charge in [0.15, 0.2) is 0 Å². The van der Waals surface area contributed by atoms with Crippen molar-refractivity contribution in [1.29, 1.82) is 0 Å². The zero-order valence-electron chi connectivity index (χ0n) is 19.6. The van der Waals surface area contributed by atoms with E-state index in [1.54, 1.807) is 0 Å². The normalized spacial score (nSPS) is 15.1. The highest BCUT2D eigenvalue weighted by Crippen LogP contribution is 2.17. The van der Waals surface area contributed by atoms with Crippen molar-refractivity contribution in [2.24, 2.45) is 0 Å². The van der Waals surface area contributed by atoms with Crippen LogP contribution >= 0.6 is 0 Å². The van der Waals surface area contributed by atoms with Gasteiger partial charge in [-0.15, -0.1) is 0 Å². The second-order valence-electron chi connectivity index (χ2n) is 8.78. The number of anilines is 1. The first-order chi connectivity index (χ1) is 17.2. The summed E-state index contributed by atoms with van der Waals surface area (Å²) >= 11 is 0. The van der Waals surface area contributed by atoms with Crippen LogP contribution in [0.25, 0.3) is 0 Å². The number of likely N-dealkylation sites (tertiary alicyclic amines) is 1. The van der Waals surface area contributed by atoms with Crippen LogP contribution < -0.4 is 15.4 Å². The van der Waals surface area contributed by atoms with E-state index < -0.39 is 33.7 Å². The molecule has 1 aliphatic heterocycles. The van der Waals surface area contributed by atoms with Crippen molar-refractivity contribution in [3.63, 3.8) is 0 Å². The SMILES string of the molecule is CN1CC(NS(=O)(=O)c2ccc(NC(=O)[C@H](Cc3ccccc3)NC(=O)c3ccc(F)cc3)cc2)C1. The maximum atomic E-state index is 13.2. The average molecular weight is 511 g/mol. The summed E-state index contributed by atoms with van der Waals surface area (Å²) in [5.41, 5.74) is 1.45. The van der Waals surface area contributed by atoms with Crippen LogP contribution in [0.1, 0.15) is 15.9 Å². The molecule has 0 aromatic heterocycles. The molecule has 4 rings (SSSR count). The molecule has 10 heteroatoms. The number of rotatable bonds is 9. The summed E-state index contributed by atoms with van der Waals surface area (Å²) in [7, 11) is -1.76. The molecule has 0 bridgehead atoms. The Hall–Kier alpha value is -3.60. The maximum absolute atomic E-state index is 13.2. The third kappa shape index (κ3) is 6.54. The molecule has 1 heterocycles. The van der Waals surface area contributed by atoms with E-state index in [1.165, 1.54) is 48.5 Å². The highest BCUT2D eigenvalue weighted by atomic mass is 32.2. The highest BCUT2D eigenvalue weighted by molar-refractivity contribution is 7.89. The van der Waals surface area contributed by atoms with Gasteiger partial charge in [-0.3, -0.25) is 9.59 Å². The van der Waals surface area contributed by atoms with Crippen LogP contribution in [-0.2, 0) is 21.2 Å². The first-order valence-corrected chi connectivity index (χ1v) is 12.9. The summed E-state index contributed by atoms with van der Waals surface area (Å²) in [4.78, 5) is 27.9. The monoisotopic (exact) mass is 510 g/mol. The molecule has 36 heavy (non-hydrogen) atoms. The zero-order valence-corrected chi connectivity index (χ0v) is 20.5. The van der Waals surface area contributed by atoms with Crippen LogP contribution in [0.3, 0.4) is 0 Å². The van der Waals surface area contributed by atoms with E-state index in [1.807, 2.05) is 42.3 Å². The molecule has 1 aliphatic rings. The average Bonchev–Trinajstić information content (AvgIpc) is 2.84. The number of carbonyl (C=O) groups excluding carboxylic acids is 2. The number of hydrogen-bond donors (Lipinski definition) is 3. The number of nitrogens with one attached hydrogen (secondary N) is 3. The smallest absolute Gasteiger partial charge is 0.251 e. The van der Waals surface area contributed by atoms with Gasteiger partial charge in [0.05, 0.1) is 4.90 Å². The molecule has 188 valence electrons. The summed E-state index contributed by atoms with van der Waals surface area (Å²) < 4.78 is 41.0. The molecule has 3 N–H and O–H groups in total. The number of nitrogens with zero attached hydrogens (tertiary/aromatic N) is 1. The Morgan fingerprint density at radius 3 is 2.22 bits per heavy atom. The zero-order chi connectivity index (χ0) is 25.7. The van der Waals surface area contributed by atoms with Crippen molar-refractivity contribution in [2.75, 3.05) is 25.5 Å². The lowest BCUT2D eigenvalue weighted by Gasteiger charge is -2.36. The van der Waals surface area contributed by atoms with E-state index in [9.17, 15) is 22.4 Å². The second-order valence-corrected chi connectivity index (χ2v) is 10.5. The van der Waals surface area contributed by atoms with Gasteiger partial charge in [-0.05, 0) is 61.1 Å². The maximum Gasteiger partial charge on any atom is 0.251 e. The second kappa shape index (κ2) is 11.0. The molecular formula is C26H27FN4O4S. The summed E-state index contributed by atoms with van der Waals surface area (Å²) in [6, 6.07) is 19.0. The van der Waals surface area contributed by atoms with Gasteiger partial charge >= 0.3 is 0 Å². The number of halogens is 1. The molecule has 1 atom stereocenters. The van der Waals surface area contributed by atoms with Gasteiger partial charge in [-0.25, -0.2) is 17.5 Å². The van der Waals surface area contributed by atoms with E-state index in [-0.39, 0.29) is 22.9 Å². The minimum absolute atomic E-state index is 0.0977. The molecule has 8 nitrogen and oxygen atoms in total. The molecule has 2 amide bonds. The van der Waals surface area contributed by atoms with Crippen LogP contribution in [0.5, 0.6) is 0 Å². The topological polar surface area (TPSA) is 108 Å². The molecule has 0 radical (unpaired) electrons. The van der Waals surface area contributed by atoms with Crippen LogP contribution in [0.15, 0.2) is 83.8 Å². The van der Waals surface area contributed by atoms with Crippen molar-refractivity contribution in [3.05, 3.63) is 95.8 Å². The van der Waals surface area contributed by atoms with Crippen molar-refractivity contribution in [2.45, 2.75) is 23.4 Å². The molecule has 0 saturated carbocycles. The largest absolute Gasteiger partial charge is 0.340 e. The molecule has 3 aromatic rings. The van der Waals surface area contributed by atoms with Gasteiger partial charge in [0.2, 0.25) is 15.9 Å². The quantitative estimate of drug-likeness (QED) is 0.410. The number of likely N-dealkylation sites (N-methyl/N-ethyl adjacent to an activating group) is 1. The summed E-state index contributed by atoms with van der Waals surface area (Å²) in [5, 5.41) is 5.45. The van der Waals surface area contributed by atoms with Crippen LogP contribution in [0, 0.1) is 5.82 Å². The first-order valence-electron chi connectivity index (χ1n) is 11.4. The van der Waals surface area contributed by atoms with Gasteiger partial charge in [-0.1, -0.05) is 30.3 Å². The lowest BCUT2D eigenvalue weighted by molar-refractivity contribution is -0.118. The van der Waals surface area contributed by atoms with E-state index in [2.05, 4.69) is 15.4 Å². The Bertz CT molecular complexity index is 1310. The fourth-order valence-electron chi connectivity index (χ4n) is 3.91. The fourth-order valence-corrected chi connectivity index (χ4v) is 5.13. The molecule has 0 unspecified atom stereocenters. The summed E-state index contributed by atoms with van der Waals surface area (Å²) in [6.07, 6.45) is 0.228. The predicted octanol–water partition coefficient (Wildman–Crippen LogP) is 2.40. The molecular weight excluding hydrogens is 483 g/mol. The van der Waals surface area contributed by atoms with Gasteiger partial charge in [0.1, 0.15) is 11.9 Å². The number of hydrogen-bond acceptors (Lipinski definition) is 5. The van der Waals surface area contributed by atoms with Crippen molar-refractivity contribution in [1.82, 2.24) is 14.9 Å². The van der Waals surface area contributed by atoms with Crippen LogP contribution in [-0.4, -0.2) is 57.4 Å². The number of amides is 2. The Balaban J connectivity index is 1.45. The van der Waals surface area contributed by atoms with Crippen LogP contribution in [0.2, 0.25) is 0 Å². The van der Waals surface area contributed by atoms with Gasteiger partial charge in [0.25, 0.3) is 5.91 Å².